The van der Waals surface area contributed by atoms with Crippen molar-refractivity contribution >= 4 is 21.6 Å². The number of amides is 1. The molecule has 1 aliphatic heterocycles. The molecule has 2 aromatic carbocycles. The Hall–Kier alpha value is -2.38. The Morgan fingerprint density at radius 2 is 1.72 bits per heavy atom. The van der Waals surface area contributed by atoms with E-state index in [-0.39, 0.29) is 10.6 Å². The van der Waals surface area contributed by atoms with Gasteiger partial charge >= 0.3 is 0 Å². The van der Waals surface area contributed by atoms with Crippen LogP contribution in [0.3, 0.4) is 0 Å². The second-order valence-corrected chi connectivity index (χ2v) is 8.05. The Bertz CT molecular complexity index is 886. The molecule has 0 unspecified atom stereocenters. The summed E-state index contributed by atoms with van der Waals surface area (Å²) in [6.45, 7) is 2.92. The third kappa shape index (κ3) is 3.67. The molecule has 132 valence electrons. The normalized spacial score (nSPS) is 15.2. The molecule has 0 spiro atoms. The number of aryl methyl sites for hydroxylation is 1. The van der Waals surface area contributed by atoms with Gasteiger partial charge in [-0.2, -0.15) is 4.31 Å². The number of anilines is 1. The molecule has 1 fully saturated rings. The summed E-state index contributed by atoms with van der Waals surface area (Å²) in [5.41, 5.74) is 1.51. The van der Waals surface area contributed by atoms with Crippen molar-refractivity contribution in [3.63, 3.8) is 0 Å². The molecule has 1 aliphatic rings. The van der Waals surface area contributed by atoms with E-state index in [1.165, 1.54) is 28.6 Å². The van der Waals surface area contributed by atoms with Gasteiger partial charge in [-0.3, -0.25) is 4.79 Å². The number of sulfonamides is 1. The third-order valence-corrected chi connectivity index (χ3v) is 6.13. The average molecular weight is 360 g/mol. The number of nitrogens with zero attached hydrogens (tertiary/aromatic N) is 1. The minimum atomic E-state index is -3.49. The average Bonchev–Trinajstić information content (AvgIpc) is 3.13. The van der Waals surface area contributed by atoms with Crippen molar-refractivity contribution in [2.24, 2.45) is 0 Å². The molecular weight excluding hydrogens is 340 g/mol. The zero-order chi connectivity index (χ0) is 18.0. The molecule has 3 rings (SSSR count). The van der Waals surface area contributed by atoms with Crippen molar-refractivity contribution in [3.8, 4) is 5.75 Å². The van der Waals surface area contributed by atoms with Crippen LogP contribution < -0.4 is 5.32 Å². The predicted octanol–water partition coefficient (Wildman–Crippen LogP) is 2.74. The first-order chi connectivity index (χ1) is 11.9. The first-order valence-corrected chi connectivity index (χ1v) is 9.53. The van der Waals surface area contributed by atoms with Gasteiger partial charge in [0.25, 0.3) is 5.91 Å². The number of benzene rings is 2. The van der Waals surface area contributed by atoms with Crippen LogP contribution in [0, 0.1) is 6.92 Å². The molecule has 0 atom stereocenters. The van der Waals surface area contributed by atoms with Gasteiger partial charge in [-0.15, -0.1) is 0 Å². The molecule has 1 saturated heterocycles. The number of hydrogen-bond donors (Lipinski definition) is 2. The zero-order valence-corrected chi connectivity index (χ0v) is 14.7. The van der Waals surface area contributed by atoms with E-state index in [1.54, 1.807) is 18.2 Å². The van der Waals surface area contributed by atoms with Crippen LogP contribution in [0.25, 0.3) is 0 Å². The van der Waals surface area contributed by atoms with E-state index in [2.05, 4.69) is 5.32 Å². The standard InChI is InChI=1S/C18H20N2O4S/c1-13-4-9-16(17(21)12-13)19-18(22)14-5-7-15(8-6-14)25(23,24)20-10-2-3-11-20/h4-9,12,21H,2-3,10-11H2,1H3,(H,19,22). The Kier molecular flexibility index (Phi) is 4.78. The summed E-state index contributed by atoms with van der Waals surface area (Å²) in [6.07, 6.45) is 1.75. The smallest absolute Gasteiger partial charge is 0.255 e. The number of hydrogen-bond acceptors (Lipinski definition) is 4. The molecule has 0 aliphatic carbocycles. The lowest BCUT2D eigenvalue weighted by Gasteiger charge is -2.15. The summed E-state index contributed by atoms with van der Waals surface area (Å²) in [4.78, 5) is 12.5. The van der Waals surface area contributed by atoms with Crippen LogP contribution in [0.1, 0.15) is 28.8 Å². The molecule has 1 heterocycles. The first-order valence-electron chi connectivity index (χ1n) is 8.09. The maximum Gasteiger partial charge on any atom is 0.255 e. The van der Waals surface area contributed by atoms with Crippen molar-refractivity contribution < 1.29 is 18.3 Å². The fourth-order valence-corrected chi connectivity index (χ4v) is 4.31. The van der Waals surface area contributed by atoms with Gasteiger partial charge in [0.05, 0.1) is 10.6 Å². The summed E-state index contributed by atoms with van der Waals surface area (Å²) in [5.74, 6) is -0.425. The van der Waals surface area contributed by atoms with Gasteiger partial charge in [0, 0.05) is 18.7 Å². The summed E-state index contributed by atoms with van der Waals surface area (Å²) >= 11 is 0. The topological polar surface area (TPSA) is 86.7 Å². The van der Waals surface area contributed by atoms with Crippen LogP contribution >= 0.6 is 0 Å². The van der Waals surface area contributed by atoms with Crippen LogP contribution in [0.5, 0.6) is 5.75 Å². The predicted molar refractivity (Wildman–Crippen MR) is 95.2 cm³/mol. The summed E-state index contributed by atoms with van der Waals surface area (Å²) < 4.78 is 26.4. The SMILES string of the molecule is Cc1ccc(NC(=O)c2ccc(S(=O)(=O)N3CCCC3)cc2)c(O)c1. The van der Waals surface area contributed by atoms with E-state index in [4.69, 9.17) is 0 Å². The van der Waals surface area contributed by atoms with Crippen molar-refractivity contribution in [3.05, 3.63) is 53.6 Å². The number of carbonyl (C=O) groups excluding carboxylic acids is 1. The van der Waals surface area contributed by atoms with Crippen LogP contribution in [0.2, 0.25) is 0 Å². The minimum Gasteiger partial charge on any atom is -0.506 e. The van der Waals surface area contributed by atoms with Gasteiger partial charge in [0.2, 0.25) is 10.0 Å². The van der Waals surface area contributed by atoms with Gasteiger partial charge < -0.3 is 10.4 Å². The Balaban J connectivity index is 1.76. The second kappa shape index (κ2) is 6.85. The van der Waals surface area contributed by atoms with E-state index in [0.29, 0.717) is 24.3 Å². The molecule has 0 saturated carbocycles. The highest BCUT2D eigenvalue weighted by Gasteiger charge is 2.27. The summed E-state index contributed by atoms with van der Waals surface area (Å²) in [6, 6.07) is 10.8. The molecule has 6 nitrogen and oxygen atoms in total. The van der Waals surface area contributed by atoms with Gasteiger partial charge in [-0.1, -0.05) is 6.07 Å². The molecule has 0 bridgehead atoms. The monoisotopic (exact) mass is 360 g/mol. The zero-order valence-electron chi connectivity index (χ0n) is 13.9. The lowest BCUT2D eigenvalue weighted by Crippen LogP contribution is -2.27. The lowest BCUT2D eigenvalue weighted by atomic mass is 10.2. The van der Waals surface area contributed by atoms with Crippen molar-refractivity contribution in [2.45, 2.75) is 24.7 Å². The summed E-state index contributed by atoms with van der Waals surface area (Å²) in [7, 11) is -3.49. The van der Waals surface area contributed by atoms with Crippen LogP contribution in [-0.2, 0) is 10.0 Å². The van der Waals surface area contributed by atoms with Crippen LogP contribution in [0.15, 0.2) is 47.4 Å². The highest BCUT2D eigenvalue weighted by molar-refractivity contribution is 7.89. The number of nitrogens with one attached hydrogen (secondary N) is 1. The van der Waals surface area contributed by atoms with E-state index in [0.717, 1.165) is 18.4 Å². The van der Waals surface area contributed by atoms with Crippen molar-refractivity contribution in [2.75, 3.05) is 18.4 Å². The number of phenolic OH excluding ortho intramolecular Hbond substituents is 1. The summed E-state index contributed by atoms with van der Waals surface area (Å²) in [5, 5.41) is 12.5. The van der Waals surface area contributed by atoms with Crippen LogP contribution in [-0.4, -0.2) is 36.8 Å². The molecule has 7 heteroatoms. The largest absolute Gasteiger partial charge is 0.506 e. The van der Waals surface area contributed by atoms with Gasteiger partial charge in [-0.25, -0.2) is 8.42 Å². The molecule has 0 radical (unpaired) electrons. The van der Waals surface area contributed by atoms with Gasteiger partial charge in [0.15, 0.2) is 0 Å². The van der Waals surface area contributed by atoms with E-state index in [9.17, 15) is 18.3 Å². The number of rotatable bonds is 4. The van der Waals surface area contributed by atoms with Gasteiger partial charge in [0.1, 0.15) is 5.75 Å². The number of phenols is 1. The van der Waals surface area contributed by atoms with Gasteiger partial charge in [-0.05, 0) is 61.7 Å². The first kappa shape index (κ1) is 17.4. The maximum absolute atomic E-state index is 12.5. The Morgan fingerprint density at radius 3 is 2.32 bits per heavy atom. The van der Waals surface area contributed by atoms with Crippen LogP contribution in [0.4, 0.5) is 5.69 Å². The maximum atomic E-state index is 12.5. The fourth-order valence-electron chi connectivity index (χ4n) is 2.80. The fraction of sp³-hybridized carbons (Fsp3) is 0.278. The van der Waals surface area contributed by atoms with Crippen molar-refractivity contribution in [1.82, 2.24) is 4.31 Å². The number of aromatic hydroxyl groups is 1. The minimum absolute atomic E-state index is 0.0124. The third-order valence-electron chi connectivity index (χ3n) is 4.22. The molecule has 25 heavy (non-hydrogen) atoms. The van der Waals surface area contributed by atoms with Crippen molar-refractivity contribution in [1.29, 1.82) is 0 Å². The highest BCUT2D eigenvalue weighted by Crippen LogP contribution is 2.25. The van der Waals surface area contributed by atoms with E-state index in [1.807, 2.05) is 6.92 Å². The van der Waals surface area contributed by atoms with E-state index < -0.39 is 15.9 Å². The van der Waals surface area contributed by atoms with E-state index >= 15 is 0 Å². The quantitative estimate of drug-likeness (QED) is 0.821. The second-order valence-electron chi connectivity index (χ2n) is 6.11. The lowest BCUT2D eigenvalue weighted by molar-refractivity contribution is 0.102. The Labute approximate surface area is 147 Å². The molecule has 2 aromatic rings. The molecule has 1 amide bonds. The molecule has 2 N–H and O–H groups in total. The Morgan fingerprint density at radius 1 is 1.08 bits per heavy atom. The molecular formula is C18H20N2O4S. The number of carbonyl (C=O) groups is 1. The highest BCUT2D eigenvalue weighted by atomic mass is 32.2. The molecule has 0 aromatic heterocycles.